The van der Waals surface area contributed by atoms with Crippen LogP contribution in [0.1, 0.15) is 24.7 Å². The summed E-state index contributed by atoms with van der Waals surface area (Å²) in [6, 6.07) is 6.75. The molecule has 0 radical (unpaired) electrons. The molecule has 0 amide bonds. The summed E-state index contributed by atoms with van der Waals surface area (Å²) in [6.07, 6.45) is 1.88. The third kappa shape index (κ3) is 2.79. The molecule has 0 bridgehead atoms. The molecule has 0 saturated heterocycles. The fourth-order valence-corrected chi connectivity index (χ4v) is 3.26. The van der Waals surface area contributed by atoms with Crippen molar-refractivity contribution in [1.82, 2.24) is 4.72 Å². The summed E-state index contributed by atoms with van der Waals surface area (Å²) in [7, 11) is -3.30. The van der Waals surface area contributed by atoms with Crippen molar-refractivity contribution in [3.63, 3.8) is 0 Å². The Bertz CT molecular complexity index is 669. The molecule has 6 nitrogen and oxygen atoms in total. The van der Waals surface area contributed by atoms with Crippen molar-refractivity contribution in [2.45, 2.75) is 24.2 Å². The van der Waals surface area contributed by atoms with Gasteiger partial charge in [0.25, 0.3) is 0 Å². The maximum Gasteiger partial charge on any atom is 0.214 e. The molecule has 1 aliphatic rings. The van der Waals surface area contributed by atoms with E-state index in [1.807, 2.05) is 0 Å². The molecule has 2 aromatic heterocycles. The number of sulfonamides is 1. The van der Waals surface area contributed by atoms with Gasteiger partial charge in [-0.2, -0.15) is 0 Å². The van der Waals surface area contributed by atoms with Crippen molar-refractivity contribution >= 4 is 10.0 Å². The Balaban J connectivity index is 1.64. The summed E-state index contributed by atoms with van der Waals surface area (Å²) in [5.74, 6) is 1.35. The minimum Gasteiger partial charge on any atom is -0.461 e. The zero-order chi connectivity index (χ0) is 14.2. The fourth-order valence-electron chi connectivity index (χ4n) is 1.87. The van der Waals surface area contributed by atoms with E-state index >= 15 is 0 Å². The Kier molecular flexibility index (Phi) is 3.41. The molecule has 0 aliphatic heterocycles. The maximum atomic E-state index is 11.7. The number of nitrogens with one attached hydrogen (secondary N) is 1. The van der Waals surface area contributed by atoms with Crippen molar-refractivity contribution in [3.05, 3.63) is 36.3 Å². The largest absolute Gasteiger partial charge is 0.461 e. The minimum absolute atomic E-state index is 0.0933. The molecular weight excluding hydrogens is 282 g/mol. The molecule has 108 valence electrons. The molecule has 1 atom stereocenters. The number of furan rings is 2. The molecule has 1 unspecified atom stereocenters. The van der Waals surface area contributed by atoms with Crippen LogP contribution in [0.25, 0.3) is 11.5 Å². The van der Waals surface area contributed by atoms with Gasteiger partial charge in [-0.25, -0.2) is 13.1 Å². The zero-order valence-electron chi connectivity index (χ0n) is 10.7. The summed E-state index contributed by atoms with van der Waals surface area (Å²) in [4.78, 5) is 0. The smallest absolute Gasteiger partial charge is 0.214 e. The van der Waals surface area contributed by atoms with E-state index < -0.39 is 16.1 Å². The van der Waals surface area contributed by atoms with Crippen LogP contribution < -0.4 is 4.72 Å². The molecule has 2 N–H and O–H groups in total. The molecule has 3 rings (SSSR count). The van der Waals surface area contributed by atoms with E-state index in [0.29, 0.717) is 30.1 Å². The second-order valence-electron chi connectivity index (χ2n) is 4.79. The van der Waals surface area contributed by atoms with Gasteiger partial charge in [0.1, 0.15) is 11.9 Å². The minimum atomic E-state index is -3.30. The Morgan fingerprint density at radius 1 is 1.30 bits per heavy atom. The second kappa shape index (κ2) is 5.08. The number of aliphatic hydroxyl groups excluding tert-OH is 1. The third-order valence-electron chi connectivity index (χ3n) is 3.16. The van der Waals surface area contributed by atoms with E-state index in [9.17, 15) is 13.5 Å². The third-order valence-corrected chi connectivity index (χ3v) is 5.08. The van der Waals surface area contributed by atoms with Crippen molar-refractivity contribution in [3.8, 4) is 11.5 Å². The quantitative estimate of drug-likeness (QED) is 0.845. The lowest BCUT2D eigenvalue weighted by molar-refractivity contribution is 0.154. The van der Waals surface area contributed by atoms with Crippen molar-refractivity contribution < 1.29 is 22.4 Å². The fraction of sp³-hybridized carbons (Fsp3) is 0.385. The van der Waals surface area contributed by atoms with Crippen LogP contribution >= 0.6 is 0 Å². The number of hydrogen-bond acceptors (Lipinski definition) is 5. The van der Waals surface area contributed by atoms with Gasteiger partial charge in [-0.15, -0.1) is 0 Å². The van der Waals surface area contributed by atoms with Gasteiger partial charge in [0.2, 0.25) is 10.0 Å². The maximum absolute atomic E-state index is 11.7. The summed E-state index contributed by atoms with van der Waals surface area (Å²) >= 11 is 0. The highest BCUT2D eigenvalue weighted by Crippen LogP contribution is 2.28. The average Bonchev–Trinajstić information content (AvgIpc) is 2.96. The molecule has 0 spiro atoms. The van der Waals surface area contributed by atoms with Gasteiger partial charge < -0.3 is 13.9 Å². The Morgan fingerprint density at radius 3 is 2.75 bits per heavy atom. The molecule has 1 aliphatic carbocycles. The van der Waals surface area contributed by atoms with Crippen LogP contribution in [0.3, 0.4) is 0 Å². The molecule has 7 heteroatoms. The SMILES string of the molecule is O=S(=O)(NCC(O)c1ccc(-c2ccco2)o1)C1CC1. The molecule has 1 fully saturated rings. The molecule has 2 heterocycles. The van der Waals surface area contributed by atoms with Gasteiger partial charge in [0, 0.05) is 6.54 Å². The molecular formula is C13H15NO5S. The lowest BCUT2D eigenvalue weighted by Crippen LogP contribution is -2.31. The van der Waals surface area contributed by atoms with E-state index in [4.69, 9.17) is 8.83 Å². The van der Waals surface area contributed by atoms with Gasteiger partial charge in [-0.3, -0.25) is 0 Å². The molecule has 20 heavy (non-hydrogen) atoms. The van der Waals surface area contributed by atoms with E-state index in [-0.39, 0.29) is 11.8 Å². The van der Waals surface area contributed by atoms with Crippen molar-refractivity contribution in [2.24, 2.45) is 0 Å². The normalized spacial score (nSPS) is 17.2. The van der Waals surface area contributed by atoms with Crippen LogP contribution in [0.4, 0.5) is 0 Å². The highest BCUT2D eigenvalue weighted by molar-refractivity contribution is 7.90. The predicted molar refractivity (Wildman–Crippen MR) is 71.3 cm³/mol. The topological polar surface area (TPSA) is 92.7 Å². The Morgan fingerprint density at radius 2 is 2.10 bits per heavy atom. The predicted octanol–water partition coefficient (Wildman–Crippen LogP) is 1.65. The monoisotopic (exact) mass is 297 g/mol. The van der Waals surface area contributed by atoms with Crippen molar-refractivity contribution in [2.75, 3.05) is 6.54 Å². The Hall–Kier alpha value is -1.57. The van der Waals surface area contributed by atoms with Crippen molar-refractivity contribution in [1.29, 1.82) is 0 Å². The van der Waals surface area contributed by atoms with Gasteiger partial charge in [-0.05, 0) is 37.1 Å². The lowest BCUT2D eigenvalue weighted by Gasteiger charge is -2.09. The van der Waals surface area contributed by atoms with E-state index in [1.165, 1.54) is 6.26 Å². The van der Waals surface area contributed by atoms with Crippen LogP contribution in [0.5, 0.6) is 0 Å². The van der Waals surface area contributed by atoms with Gasteiger partial charge in [0.05, 0.1) is 11.5 Å². The van der Waals surface area contributed by atoms with E-state index in [1.54, 1.807) is 24.3 Å². The molecule has 1 saturated carbocycles. The summed E-state index contributed by atoms with van der Waals surface area (Å²) in [5, 5.41) is 9.64. The van der Waals surface area contributed by atoms with Crippen LogP contribution in [0.2, 0.25) is 0 Å². The molecule has 0 aromatic carbocycles. The summed E-state index contributed by atoms with van der Waals surface area (Å²) < 4.78 is 36.3. The first-order chi connectivity index (χ1) is 9.56. The van der Waals surface area contributed by atoms with Crippen LogP contribution in [-0.4, -0.2) is 25.3 Å². The first-order valence-electron chi connectivity index (χ1n) is 6.36. The van der Waals surface area contributed by atoms with Crippen LogP contribution in [0, 0.1) is 0 Å². The highest BCUT2D eigenvalue weighted by atomic mass is 32.2. The summed E-state index contributed by atoms with van der Waals surface area (Å²) in [6.45, 7) is -0.0933. The van der Waals surface area contributed by atoms with Crippen LogP contribution in [0.15, 0.2) is 39.4 Å². The van der Waals surface area contributed by atoms with E-state index in [2.05, 4.69) is 4.72 Å². The zero-order valence-corrected chi connectivity index (χ0v) is 11.5. The first kappa shape index (κ1) is 13.4. The lowest BCUT2D eigenvalue weighted by atomic mass is 10.3. The second-order valence-corrected chi connectivity index (χ2v) is 6.83. The van der Waals surface area contributed by atoms with Gasteiger partial charge in [0.15, 0.2) is 11.5 Å². The number of aliphatic hydroxyl groups is 1. The van der Waals surface area contributed by atoms with Crippen LogP contribution in [-0.2, 0) is 10.0 Å². The first-order valence-corrected chi connectivity index (χ1v) is 7.91. The molecule has 2 aromatic rings. The summed E-state index contributed by atoms with van der Waals surface area (Å²) in [5.41, 5.74) is 0. The number of rotatable bonds is 6. The average molecular weight is 297 g/mol. The Labute approximate surface area is 116 Å². The van der Waals surface area contributed by atoms with Gasteiger partial charge >= 0.3 is 0 Å². The standard InChI is InChI=1S/C13H15NO5S/c15-10(8-14-20(16,17)9-3-4-9)11-5-6-13(19-11)12-2-1-7-18-12/h1-2,5-7,9-10,14-15H,3-4,8H2. The highest BCUT2D eigenvalue weighted by Gasteiger charge is 2.35. The number of hydrogen-bond donors (Lipinski definition) is 2. The van der Waals surface area contributed by atoms with E-state index in [0.717, 1.165) is 0 Å². The van der Waals surface area contributed by atoms with Gasteiger partial charge in [-0.1, -0.05) is 0 Å².